The predicted octanol–water partition coefficient (Wildman–Crippen LogP) is 1.86. The molecule has 0 saturated heterocycles. The normalized spacial score (nSPS) is 15.5. The molecule has 2 rings (SSSR count). The Morgan fingerprint density at radius 2 is 2.14 bits per heavy atom. The molecule has 3 heteroatoms. The number of aryl methyl sites for hydroxylation is 2. The van der Waals surface area contributed by atoms with E-state index in [0.717, 1.165) is 37.8 Å². The largest absolute Gasteiger partial charge is 0.299 e. The van der Waals surface area contributed by atoms with Crippen LogP contribution in [0, 0.1) is 0 Å². The van der Waals surface area contributed by atoms with Crippen LogP contribution in [0.5, 0.6) is 0 Å². The number of aromatic nitrogens is 2. The molecule has 1 heterocycles. The number of hydrogen-bond donors (Lipinski definition) is 1. The zero-order chi connectivity index (χ0) is 9.97. The summed E-state index contributed by atoms with van der Waals surface area (Å²) in [6, 6.07) is 0. The molecule has 1 aromatic heterocycles. The van der Waals surface area contributed by atoms with E-state index in [2.05, 4.69) is 12.0 Å². The van der Waals surface area contributed by atoms with E-state index < -0.39 is 0 Å². The van der Waals surface area contributed by atoms with Gasteiger partial charge < -0.3 is 0 Å². The van der Waals surface area contributed by atoms with Crippen molar-refractivity contribution in [3.63, 3.8) is 0 Å². The maximum atomic E-state index is 11.9. The SMILES string of the molecule is CCCCn1[nH]c2c(c1=O)CCCC2. The molecule has 0 unspecified atom stereocenters. The van der Waals surface area contributed by atoms with Crippen LogP contribution in [-0.2, 0) is 19.4 Å². The Morgan fingerprint density at radius 3 is 2.86 bits per heavy atom. The van der Waals surface area contributed by atoms with Crippen molar-refractivity contribution in [2.45, 2.75) is 52.0 Å². The topological polar surface area (TPSA) is 37.8 Å². The summed E-state index contributed by atoms with van der Waals surface area (Å²) >= 11 is 0. The van der Waals surface area contributed by atoms with E-state index in [1.165, 1.54) is 18.5 Å². The van der Waals surface area contributed by atoms with Gasteiger partial charge in [0.1, 0.15) is 0 Å². The number of nitrogens with one attached hydrogen (secondary N) is 1. The molecule has 0 amide bonds. The van der Waals surface area contributed by atoms with Crippen molar-refractivity contribution in [2.24, 2.45) is 0 Å². The lowest BCUT2D eigenvalue weighted by Gasteiger charge is -2.07. The van der Waals surface area contributed by atoms with E-state index >= 15 is 0 Å². The summed E-state index contributed by atoms with van der Waals surface area (Å²) in [4.78, 5) is 11.9. The van der Waals surface area contributed by atoms with Gasteiger partial charge in [-0.05, 0) is 32.1 Å². The van der Waals surface area contributed by atoms with Gasteiger partial charge in [-0.25, -0.2) is 0 Å². The molecule has 0 bridgehead atoms. The van der Waals surface area contributed by atoms with Gasteiger partial charge in [-0.3, -0.25) is 14.6 Å². The average Bonchev–Trinajstić information content (AvgIpc) is 2.54. The fraction of sp³-hybridized carbons (Fsp3) is 0.727. The summed E-state index contributed by atoms with van der Waals surface area (Å²) in [5.74, 6) is 0. The smallest absolute Gasteiger partial charge is 0.269 e. The second kappa shape index (κ2) is 4.03. The molecule has 1 aliphatic rings. The van der Waals surface area contributed by atoms with Crippen LogP contribution in [0.1, 0.15) is 43.9 Å². The fourth-order valence-electron chi connectivity index (χ4n) is 2.11. The van der Waals surface area contributed by atoms with Gasteiger partial charge in [-0.15, -0.1) is 0 Å². The van der Waals surface area contributed by atoms with Crippen molar-refractivity contribution < 1.29 is 0 Å². The van der Waals surface area contributed by atoms with Crippen LogP contribution in [0.25, 0.3) is 0 Å². The first-order chi connectivity index (χ1) is 6.83. The number of hydrogen-bond acceptors (Lipinski definition) is 1. The standard InChI is InChI=1S/C11H18N2O/c1-2-3-8-13-11(14)9-6-4-5-7-10(9)12-13/h12H,2-8H2,1H3. The van der Waals surface area contributed by atoms with Crippen LogP contribution < -0.4 is 5.56 Å². The highest BCUT2D eigenvalue weighted by molar-refractivity contribution is 5.19. The lowest BCUT2D eigenvalue weighted by Crippen LogP contribution is -2.19. The van der Waals surface area contributed by atoms with Gasteiger partial charge in [-0.1, -0.05) is 13.3 Å². The summed E-state index contributed by atoms with van der Waals surface area (Å²) in [6.45, 7) is 3.00. The first-order valence-electron chi connectivity index (χ1n) is 5.63. The molecule has 0 radical (unpaired) electrons. The highest BCUT2D eigenvalue weighted by atomic mass is 16.1. The van der Waals surface area contributed by atoms with Gasteiger partial charge in [0, 0.05) is 17.8 Å². The molecule has 0 aromatic carbocycles. The molecule has 1 aromatic rings. The van der Waals surface area contributed by atoms with E-state index in [0.29, 0.717) is 0 Å². The van der Waals surface area contributed by atoms with Crippen molar-refractivity contribution in [3.8, 4) is 0 Å². The minimum Gasteiger partial charge on any atom is -0.299 e. The monoisotopic (exact) mass is 194 g/mol. The predicted molar refractivity (Wildman–Crippen MR) is 56.6 cm³/mol. The highest BCUT2D eigenvalue weighted by Crippen LogP contribution is 2.15. The Balaban J connectivity index is 2.25. The lowest BCUT2D eigenvalue weighted by atomic mass is 9.98. The van der Waals surface area contributed by atoms with Gasteiger partial charge in [0.25, 0.3) is 5.56 Å². The minimum atomic E-state index is 0.230. The van der Waals surface area contributed by atoms with Crippen molar-refractivity contribution in [2.75, 3.05) is 0 Å². The number of unbranched alkanes of at least 4 members (excludes halogenated alkanes) is 1. The van der Waals surface area contributed by atoms with Crippen LogP contribution >= 0.6 is 0 Å². The van der Waals surface area contributed by atoms with E-state index in [1.54, 1.807) is 4.68 Å². The molecule has 0 fully saturated rings. The van der Waals surface area contributed by atoms with E-state index in [4.69, 9.17) is 0 Å². The van der Waals surface area contributed by atoms with Crippen molar-refractivity contribution in [1.29, 1.82) is 0 Å². The maximum Gasteiger partial charge on any atom is 0.269 e. The van der Waals surface area contributed by atoms with Crippen molar-refractivity contribution in [1.82, 2.24) is 9.78 Å². The number of nitrogens with zero attached hydrogens (tertiary/aromatic N) is 1. The molecule has 78 valence electrons. The highest BCUT2D eigenvalue weighted by Gasteiger charge is 2.16. The van der Waals surface area contributed by atoms with E-state index in [-0.39, 0.29) is 5.56 Å². The van der Waals surface area contributed by atoms with E-state index in [1.807, 2.05) is 0 Å². The third-order valence-electron chi connectivity index (χ3n) is 2.98. The summed E-state index contributed by atoms with van der Waals surface area (Å²) in [5.41, 5.74) is 2.47. The molecule has 0 saturated carbocycles. The molecule has 1 N–H and O–H groups in total. The number of fused-ring (bicyclic) bond motifs is 1. The van der Waals surface area contributed by atoms with E-state index in [9.17, 15) is 4.79 Å². The molecular weight excluding hydrogens is 176 g/mol. The molecular formula is C11H18N2O. The Hall–Kier alpha value is -0.990. The van der Waals surface area contributed by atoms with Crippen LogP contribution in [-0.4, -0.2) is 9.78 Å². The zero-order valence-corrected chi connectivity index (χ0v) is 8.81. The maximum absolute atomic E-state index is 11.9. The molecule has 0 spiro atoms. The van der Waals surface area contributed by atoms with Crippen LogP contribution in [0.3, 0.4) is 0 Å². The number of H-pyrrole nitrogens is 1. The molecule has 1 aliphatic carbocycles. The average molecular weight is 194 g/mol. The third-order valence-corrected chi connectivity index (χ3v) is 2.98. The fourth-order valence-corrected chi connectivity index (χ4v) is 2.11. The minimum absolute atomic E-state index is 0.230. The molecule has 0 atom stereocenters. The molecule has 14 heavy (non-hydrogen) atoms. The van der Waals surface area contributed by atoms with Gasteiger partial charge in [-0.2, -0.15) is 0 Å². The molecule has 3 nitrogen and oxygen atoms in total. The van der Waals surface area contributed by atoms with Crippen LogP contribution in [0.2, 0.25) is 0 Å². The Bertz CT molecular complexity index is 362. The first-order valence-corrected chi connectivity index (χ1v) is 5.63. The Labute approximate surface area is 84.1 Å². The van der Waals surface area contributed by atoms with Crippen LogP contribution in [0.4, 0.5) is 0 Å². The quantitative estimate of drug-likeness (QED) is 0.783. The summed E-state index contributed by atoms with van der Waals surface area (Å²) in [5, 5.41) is 3.24. The van der Waals surface area contributed by atoms with Gasteiger partial charge >= 0.3 is 0 Å². The van der Waals surface area contributed by atoms with Gasteiger partial charge in [0.15, 0.2) is 0 Å². The van der Waals surface area contributed by atoms with Crippen LogP contribution in [0.15, 0.2) is 4.79 Å². The summed E-state index contributed by atoms with van der Waals surface area (Å²) in [7, 11) is 0. The van der Waals surface area contributed by atoms with Crippen molar-refractivity contribution in [3.05, 3.63) is 21.6 Å². The molecule has 0 aliphatic heterocycles. The summed E-state index contributed by atoms with van der Waals surface area (Å²) < 4.78 is 1.79. The Morgan fingerprint density at radius 1 is 1.36 bits per heavy atom. The van der Waals surface area contributed by atoms with Gasteiger partial charge in [0.2, 0.25) is 0 Å². The number of rotatable bonds is 3. The second-order valence-corrected chi connectivity index (χ2v) is 4.09. The first kappa shape index (κ1) is 9.56. The number of aromatic amines is 1. The Kier molecular flexibility index (Phi) is 2.75. The van der Waals surface area contributed by atoms with Crippen molar-refractivity contribution >= 4 is 0 Å². The second-order valence-electron chi connectivity index (χ2n) is 4.09. The third kappa shape index (κ3) is 1.63. The zero-order valence-electron chi connectivity index (χ0n) is 8.81. The lowest BCUT2D eigenvalue weighted by molar-refractivity contribution is 0.550. The van der Waals surface area contributed by atoms with Gasteiger partial charge in [0.05, 0.1) is 0 Å². The summed E-state index contributed by atoms with van der Waals surface area (Å²) in [6.07, 6.45) is 6.65.